The quantitative estimate of drug-likeness (QED) is 0.831. The molecule has 0 spiro atoms. The zero-order valence-electron chi connectivity index (χ0n) is 8.73. The van der Waals surface area contributed by atoms with Gasteiger partial charge in [-0.15, -0.1) is 0 Å². The first kappa shape index (κ1) is 9.54. The Morgan fingerprint density at radius 3 is 2.81 bits per heavy atom. The zero-order valence-corrected chi connectivity index (χ0v) is 8.73. The second kappa shape index (κ2) is 3.72. The fraction of sp³-hybridized carbons (Fsp3) is 0.250. The third-order valence-corrected chi connectivity index (χ3v) is 2.97. The number of benzene rings is 1. The summed E-state index contributed by atoms with van der Waals surface area (Å²) in [4.78, 5) is 4.11. The molecular weight excluding hydrogens is 205 g/mol. The molecular formula is C12H12FN3. The topological polar surface area (TPSA) is 29.9 Å². The van der Waals surface area contributed by atoms with Crippen LogP contribution in [0.3, 0.4) is 0 Å². The summed E-state index contributed by atoms with van der Waals surface area (Å²) in [7, 11) is 0. The van der Waals surface area contributed by atoms with Crippen molar-refractivity contribution in [2.24, 2.45) is 0 Å². The number of nitrogens with zero attached hydrogens (tertiary/aromatic N) is 2. The molecule has 1 aliphatic heterocycles. The first-order valence-electron chi connectivity index (χ1n) is 5.34. The third-order valence-electron chi connectivity index (χ3n) is 2.97. The van der Waals surface area contributed by atoms with Crippen molar-refractivity contribution in [1.82, 2.24) is 14.9 Å². The first-order chi connectivity index (χ1) is 7.86. The van der Waals surface area contributed by atoms with Crippen molar-refractivity contribution < 1.29 is 4.39 Å². The van der Waals surface area contributed by atoms with Gasteiger partial charge in [0.15, 0.2) is 0 Å². The Kier molecular flexibility index (Phi) is 2.22. The average Bonchev–Trinajstić information content (AvgIpc) is 2.65. The van der Waals surface area contributed by atoms with Crippen LogP contribution in [-0.4, -0.2) is 22.6 Å². The van der Waals surface area contributed by atoms with Crippen molar-refractivity contribution in [2.45, 2.75) is 6.04 Å². The lowest BCUT2D eigenvalue weighted by Gasteiger charge is -2.29. The number of hydrogen-bond acceptors (Lipinski definition) is 2. The number of hydrogen-bond donors (Lipinski definition) is 1. The molecule has 0 aliphatic carbocycles. The van der Waals surface area contributed by atoms with E-state index in [0.29, 0.717) is 11.6 Å². The first-order valence-corrected chi connectivity index (χ1v) is 5.34. The average molecular weight is 217 g/mol. The van der Waals surface area contributed by atoms with Crippen molar-refractivity contribution in [3.63, 3.8) is 0 Å². The second-order valence-electron chi connectivity index (χ2n) is 3.98. The maximum Gasteiger partial charge on any atom is 0.132 e. The molecule has 1 aromatic carbocycles. The normalized spacial score (nSPS) is 16.1. The highest BCUT2D eigenvalue weighted by Gasteiger charge is 2.22. The highest BCUT2D eigenvalue weighted by atomic mass is 19.1. The number of rotatable bonds is 2. The summed E-state index contributed by atoms with van der Waals surface area (Å²) in [6.45, 7) is 1.86. The lowest BCUT2D eigenvalue weighted by molar-refractivity contribution is 0.345. The molecule has 3 rings (SSSR count). The minimum atomic E-state index is -0.198. The van der Waals surface area contributed by atoms with Crippen LogP contribution in [0.4, 0.5) is 4.39 Å². The summed E-state index contributed by atoms with van der Waals surface area (Å²) in [5.74, 6) is -0.198. The Bertz CT molecular complexity index is 502. The van der Waals surface area contributed by atoms with E-state index in [0.717, 1.165) is 18.8 Å². The van der Waals surface area contributed by atoms with E-state index in [1.165, 1.54) is 6.07 Å². The SMILES string of the molecule is Fc1ccccc1-c1cncn1C1CNC1. The third kappa shape index (κ3) is 1.42. The van der Waals surface area contributed by atoms with Crippen LogP contribution in [-0.2, 0) is 0 Å². The summed E-state index contributed by atoms with van der Waals surface area (Å²) >= 11 is 0. The van der Waals surface area contributed by atoms with E-state index in [4.69, 9.17) is 0 Å². The van der Waals surface area contributed by atoms with Crippen LogP contribution < -0.4 is 5.32 Å². The molecule has 16 heavy (non-hydrogen) atoms. The van der Waals surface area contributed by atoms with Crippen molar-refractivity contribution >= 4 is 0 Å². The van der Waals surface area contributed by atoms with E-state index < -0.39 is 0 Å². The van der Waals surface area contributed by atoms with E-state index in [-0.39, 0.29) is 5.82 Å². The minimum Gasteiger partial charge on any atom is -0.325 e. The Balaban J connectivity index is 2.06. The van der Waals surface area contributed by atoms with Gasteiger partial charge in [0.2, 0.25) is 0 Å². The zero-order chi connectivity index (χ0) is 11.0. The number of nitrogens with one attached hydrogen (secondary N) is 1. The van der Waals surface area contributed by atoms with E-state index >= 15 is 0 Å². The molecule has 2 aromatic rings. The highest BCUT2D eigenvalue weighted by Crippen LogP contribution is 2.26. The van der Waals surface area contributed by atoms with Gasteiger partial charge in [0.05, 0.1) is 24.3 Å². The van der Waals surface area contributed by atoms with Crippen molar-refractivity contribution in [2.75, 3.05) is 13.1 Å². The Morgan fingerprint density at radius 1 is 1.31 bits per heavy atom. The van der Waals surface area contributed by atoms with Gasteiger partial charge in [0.25, 0.3) is 0 Å². The van der Waals surface area contributed by atoms with Crippen LogP contribution in [0, 0.1) is 5.82 Å². The molecule has 2 heterocycles. The molecule has 82 valence electrons. The van der Waals surface area contributed by atoms with Gasteiger partial charge in [-0.25, -0.2) is 9.37 Å². The lowest BCUT2D eigenvalue weighted by Crippen LogP contribution is -2.43. The highest BCUT2D eigenvalue weighted by molar-refractivity contribution is 5.59. The van der Waals surface area contributed by atoms with E-state index in [9.17, 15) is 4.39 Å². The molecule has 0 radical (unpaired) electrons. The lowest BCUT2D eigenvalue weighted by atomic mass is 10.1. The van der Waals surface area contributed by atoms with Gasteiger partial charge in [-0.05, 0) is 12.1 Å². The van der Waals surface area contributed by atoms with Crippen molar-refractivity contribution in [3.05, 3.63) is 42.6 Å². The van der Waals surface area contributed by atoms with Crippen LogP contribution in [0.5, 0.6) is 0 Å². The molecule has 1 saturated heterocycles. The van der Waals surface area contributed by atoms with Gasteiger partial charge in [0.1, 0.15) is 5.82 Å². The van der Waals surface area contributed by atoms with Crippen molar-refractivity contribution in [3.8, 4) is 11.3 Å². The second-order valence-corrected chi connectivity index (χ2v) is 3.98. The Morgan fingerprint density at radius 2 is 2.12 bits per heavy atom. The maximum absolute atomic E-state index is 13.7. The largest absolute Gasteiger partial charge is 0.325 e. The smallest absolute Gasteiger partial charge is 0.132 e. The van der Waals surface area contributed by atoms with Crippen LogP contribution >= 0.6 is 0 Å². The number of halogens is 1. The van der Waals surface area contributed by atoms with Gasteiger partial charge >= 0.3 is 0 Å². The molecule has 1 fully saturated rings. The van der Waals surface area contributed by atoms with Crippen molar-refractivity contribution in [1.29, 1.82) is 0 Å². The van der Waals surface area contributed by atoms with E-state index in [1.807, 2.05) is 10.6 Å². The summed E-state index contributed by atoms with van der Waals surface area (Å²) in [5, 5.41) is 3.20. The Labute approximate surface area is 92.9 Å². The van der Waals surface area contributed by atoms with Gasteiger partial charge in [-0.3, -0.25) is 0 Å². The fourth-order valence-corrected chi connectivity index (χ4v) is 1.94. The molecule has 4 heteroatoms. The molecule has 0 unspecified atom stereocenters. The van der Waals surface area contributed by atoms with Gasteiger partial charge in [-0.2, -0.15) is 0 Å². The van der Waals surface area contributed by atoms with Crippen LogP contribution in [0.25, 0.3) is 11.3 Å². The van der Waals surface area contributed by atoms with Crippen LogP contribution in [0.2, 0.25) is 0 Å². The fourth-order valence-electron chi connectivity index (χ4n) is 1.94. The Hall–Kier alpha value is -1.68. The van der Waals surface area contributed by atoms with Gasteiger partial charge in [0, 0.05) is 18.7 Å². The number of imidazole rings is 1. The van der Waals surface area contributed by atoms with Crippen LogP contribution in [0.1, 0.15) is 6.04 Å². The molecule has 0 bridgehead atoms. The molecule has 0 atom stereocenters. The molecule has 3 nitrogen and oxygen atoms in total. The van der Waals surface area contributed by atoms with Gasteiger partial charge < -0.3 is 9.88 Å². The van der Waals surface area contributed by atoms with E-state index in [2.05, 4.69) is 10.3 Å². The molecule has 1 N–H and O–H groups in total. The molecule has 0 saturated carbocycles. The van der Waals surface area contributed by atoms with Crippen LogP contribution in [0.15, 0.2) is 36.8 Å². The summed E-state index contributed by atoms with van der Waals surface area (Å²) in [6, 6.07) is 7.21. The van der Waals surface area contributed by atoms with Gasteiger partial charge in [-0.1, -0.05) is 12.1 Å². The molecule has 1 aliphatic rings. The molecule has 1 aromatic heterocycles. The predicted molar refractivity (Wildman–Crippen MR) is 59.5 cm³/mol. The molecule has 0 amide bonds. The maximum atomic E-state index is 13.7. The summed E-state index contributed by atoms with van der Waals surface area (Å²) in [5.41, 5.74) is 1.47. The summed E-state index contributed by atoms with van der Waals surface area (Å²) < 4.78 is 15.7. The standard InChI is InChI=1S/C12H12FN3/c13-11-4-2-1-3-10(11)12-7-15-8-16(12)9-5-14-6-9/h1-4,7-9,14H,5-6H2. The van der Waals surface area contributed by atoms with E-state index in [1.54, 1.807) is 24.7 Å². The minimum absolute atomic E-state index is 0.198. The predicted octanol–water partition coefficient (Wildman–Crippen LogP) is 1.83. The summed E-state index contributed by atoms with van der Waals surface area (Å²) in [6.07, 6.45) is 3.49. The number of aromatic nitrogens is 2. The monoisotopic (exact) mass is 217 g/mol.